The number of rotatable bonds is 4. The number of nitrogen functional groups attached to an aromatic ring is 1. The van der Waals surface area contributed by atoms with Crippen molar-refractivity contribution in [3.8, 4) is 0 Å². The minimum atomic E-state index is -0.403. The van der Waals surface area contributed by atoms with Crippen LogP contribution in [0.15, 0.2) is 17.0 Å². The van der Waals surface area contributed by atoms with E-state index in [-0.39, 0.29) is 5.02 Å². The highest BCUT2D eigenvalue weighted by Crippen LogP contribution is 2.30. The Balaban J connectivity index is 2.72. The van der Waals surface area contributed by atoms with Gasteiger partial charge in [-0.15, -0.1) is 11.8 Å². The second-order valence-corrected chi connectivity index (χ2v) is 4.55. The zero-order valence-corrected chi connectivity index (χ0v) is 9.59. The first-order chi connectivity index (χ1) is 6.65. The van der Waals surface area contributed by atoms with E-state index in [0.29, 0.717) is 5.69 Å². The molecule has 0 amide bonds. The molecule has 2 N–H and O–H groups in total. The van der Waals surface area contributed by atoms with Crippen LogP contribution < -0.4 is 5.73 Å². The van der Waals surface area contributed by atoms with Crippen LogP contribution in [0.5, 0.6) is 0 Å². The molecule has 1 rings (SSSR count). The molecule has 0 aliphatic carbocycles. The molecule has 1 aromatic rings. The van der Waals surface area contributed by atoms with Gasteiger partial charge < -0.3 is 5.73 Å². The van der Waals surface area contributed by atoms with Gasteiger partial charge in [0.05, 0.1) is 5.02 Å². The average Bonchev–Trinajstić information content (AvgIpc) is 2.14. The van der Waals surface area contributed by atoms with Crippen molar-refractivity contribution in [3.05, 3.63) is 23.0 Å². The molecule has 0 radical (unpaired) electrons. The van der Waals surface area contributed by atoms with E-state index in [0.717, 1.165) is 23.5 Å². The third-order valence-corrected chi connectivity index (χ3v) is 3.26. The zero-order valence-electron chi connectivity index (χ0n) is 8.02. The Morgan fingerprint density at radius 3 is 2.86 bits per heavy atom. The molecule has 0 saturated heterocycles. The van der Waals surface area contributed by atoms with Crippen molar-refractivity contribution >= 4 is 29.1 Å². The van der Waals surface area contributed by atoms with Gasteiger partial charge >= 0.3 is 0 Å². The number of benzene rings is 1. The van der Waals surface area contributed by atoms with E-state index in [1.807, 2.05) is 0 Å². The summed E-state index contributed by atoms with van der Waals surface area (Å²) in [6.45, 7) is 2.12. The highest BCUT2D eigenvalue weighted by molar-refractivity contribution is 7.99. The van der Waals surface area contributed by atoms with Gasteiger partial charge in [-0.2, -0.15) is 0 Å². The topological polar surface area (TPSA) is 26.0 Å². The second kappa shape index (κ2) is 5.47. The molecular weight excluding hydrogens is 221 g/mol. The van der Waals surface area contributed by atoms with E-state index in [1.54, 1.807) is 11.8 Å². The van der Waals surface area contributed by atoms with Gasteiger partial charge in [0.1, 0.15) is 5.82 Å². The average molecular weight is 234 g/mol. The summed E-state index contributed by atoms with van der Waals surface area (Å²) in [6.07, 6.45) is 2.23. The van der Waals surface area contributed by atoms with E-state index in [2.05, 4.69) is 6.92 Å². The largest absolute Gasteiger partial charge is 0.398 e. The summed E-state index contributed by atoms with van der Waals surface area (Å²) in [4.78, 5) is 0.778. The van der Waals surface area contributed by atoms with Gasteiger partial charge in [0, 0.05) is 10.6 Å². The lowest BCUT2D eigenvalue weighted by Crippen LogP contribution is -1.91. The summed E-state index contributed by atoms with van der Waals surface area (Å²) in [7, 11) is 0. The molecule has 0 unspecified atom stereocenters. The van der Waals surface area contributed by atoms with E-state index in [4.69, 9.17) is 17.3 Å². The normalized spacial score (nSPS) is 10.5. The Morgan fingerprint density at radius 1 is 1.50 bits per heavy atom. The molecule has 1 aromatic carbocycles. The molecule has 0 saturated carbocycles. The quantitative estimate of drug-likeness (QED) is 0.484. The van der Waals surface area contributed by atoms with Crippen LogP contribution in [-0.2, 0) is 0 Å². The SMILES string of the molecule is CCCCSc1cc(F)c(Cl)cc1N. The zero-order chi connectivity index (χ0) is 10.6. The predicted molar refractivity (Wildman–Crippen MR) is 61.5 cm³/mol. The van der Waals surface area contributed by atoms with Gasteiger partial charge in [0.25, 0.3) is 0 Å². The molecule has 0 spiro atoms. The Bertz CT molecular complexity index is 317. The van der Waals surface area contributed by atoms with Gasteiger partial charge in [0.2, 0.25) is 0 Å². The van der Waals surface area contributed by atoms with Crippen LogP contribution in [0.1, 0.15) is 19.8 Å². The number of nitrogens with two attached hydrogens (primary N) is 1. The van der Waals surface area contributed by atoms with Gasteiger partial charge in [-0.25, -0.2) is 4.39 Å². The summed E-state index contributed by atoms with van der Waals surface area (Å²) < 4.78 is 13.1. The Hall–Kier alpha value is -0.410. The van der Waals surface area contributed by atoms with Crippen LogP contribution in [-0.4, -0.2) is 5.75 Å². The van der Waals surface area contributed by atoms with Crippen molar-refractivity contribution in [2.45, 2.75) is 24.7 Å². The van der Waals surface area contributed by atoms with E-state index >= 15 is 0 Å². The van der Waals surface area contributed by atoms with Crippen molar-refractivity contribution in [2.24, 2.45) is 0 Å². The molecule has 78 valence electrons. The van der Waals surface area contributed by atoms with Crippen molar-refractivity contribution in [1.82, 2.24) is 0 Å². The van der Waals surface area contributed by atoms with Gasteiger partial charge in [-0.3, -0.25) is 0 Å². The summed E-state index contributed by atoms with van der Waals surface area (Å²) in [5, 5.41) is 0.0855. The summed E-state index contributed by atoms with van der Waals surface area (Å²) in [6, 6.07) is 2.86. The summed E-state index contributed by atoms with van der Waals surface area (Å²) in [5.74, 6) is 0.557. The minimum Gasteiger partial charge on any atom is -0.398 e. The Morgan fingerprint density at radius 2 is 2.21 bits per heavy atom. The lowest BCUT2D eigenvalue weighted by atomic mass is 10.3. The van der Waals surface area contributed by atoms with Crippen molar-refractivity contribution in [2.75, 3.05) is 11.5 Å². The minimum absolute atomic E-state index is 0.0855. The maximum atomic E-state index is 13.1. The number of unbranched alkanes of at least 4 members (excludes halogenated alkanes) is 1. The first kappa shape index (κ1) is 11.7. The first-order valence-corrected chi connectivity index (χ1v) is 5.88. The van der Waals surface area contributed by atoms with Crippen LogP contribution in [0.2, 0.25) is 5.02 Å². The maximum Gasteiger partial charge on any atom is 0.143 e. The van der Waals surface area contributed by atoms with Crippen LogP contribution in [0.4, 0.5) is 10.1 Å². The van der Waals surface area contributed by atoms with Crippen LogP contribution in [0.25, 0.3) is 0 Å². The summed E-state index contributed by atoms with van der Waals surface area (Å²) >= 11 is 7.15. The second-order valence-electron chi connectivity index (χ2n) is 3.01. The fraction of sp³-hybridized carbons (Fsp3) is 0.400. The monoisotopic (exact) mass is 233 g/mol. The van der Waals surface area contributed by atoms with Gasteiger partial charge in [-0.05, 0) is 24.3 Å². The van der Waals surface area contributed by atoms with E-state index in [1.165, 1.54) is 12.1 Å². The molecule has 0 bridgehead atoms. The molecule has 0 atom stereocenters. The van der Waals surface area contributed by atoms with E-state index in [9.17, 15) is 4.39 Å². The standard InChI is InChI=1S/C10H13ClFNS/c1-2-3-4-14-10-6-8(12)7(11)5-9(10)13/h5-6H,2-4,13H2,1H3. The summed E-state index contributed by atoms with van der Waals surface area (Å²) in [5.41, 5.74) is 6.25. The number of hydrogen-bond donors (Lipinski definition) is 1. The number of thioether (sulfide) groups is 1. The third-order valence-electron chi connectivity index (χ3n) is 1.81. The van der Waals surface area contributed by atoms with Crippen LogP contribution in [0, 0.1) is 5.82 Å². The number of hydrogen-bond acceptors (Lipinski definition) is 2. The molecular formula is C10H13ClFNS. The van der Waals surface area contributed by atoms with Gasteiger partial charge in [-0.1, -0.05) is 24.9 Å². The predicted octanol–water partition coefficient (Wildman–Crippen LogP) is 3.95. The molecule has 0 aromatic heterocycles. The number of anilines is 1. The molecule has 4 heteroatoms. The molecule has 0 aliphatic rings. The highest BCUT2D eigenvalue weighted by atomic mass is 35.5. The Kier molecular flexibility index (Phi) is 4.55. The van der Waals surface area contributed by atoms with Crippen molar-refractivity contribution in [1.29, 1.82) is 0 Å². The van der Waals surface area contributed by atoms with E-state index < -0.39 is 5.82 Å². The fourth-order valence-corrected chi connectivity index (χ4v) is 2.23. The fourth-order valence-electron chi connectivity index (χ4n) is 0.995. The molecule has 0 heterocycles. The lowest BCUT2D eigenvalue weighted by Gasteiger charge is -2.05. The molecule has 0 fully saturated rings. The molecule has 1 nitrogen and oxygen atoms in total. The highest BCUT2D eigenvalue weighted by Gasteiger charge is 2.06. The first-order valence-electron chi connectivity index (χ1n) is 4.52. The van der Waals surface area contributed by atoms with Gasteiger partial charge in [0.15, 0.2) is 0 Å². The Labute approximate surface area is 92.8 Å². The smallest absolute Gasteiger partial charge is 0.143 e. The van der Waals surface area contributed by atoms with Crippen molar-refractivity contribution in [3.63, 3.8) is 0 Å². The molecule has 14 heavy (non-hydrogen) atoms. The maximum absolute atomic E-state index is 13.1. The molecule has 0 aliphatic heterocycles. The van der Waals surface area contributed by atoms with Crippen molar-refractivity contribution < 1.29 is 4.39 Å². The third kappa shape index (κ3) is 3.07. The number of halogens is 2. The van der Waals surface area contributed by atoms with Crippen LogP contribution >= 0.6 is 23.4 Å². The van der Waals surface area contributed by atoms with Crippen LogP contribution in [0.3, 0.4) is 0 Å². The lowest BCUT2D eigenvalue weighted by molar-refractivity contribution is 0.625.